The molecule has 1 aliphatic rings. The first-order valence-corrected chi connectivity index (χ1v) is 4.00. The number of carboxylic acid groups (broad SMARTS) is 1. The molecule has 1 fully saturated rings. The van der Waals surface area contributed by atoms with E-state index >= 15 is 0 Å². The molecule has 0 aromatic heterocycles. The van der Waals surface area contributed by atoms with Gasteiger partial charge in [-0.1, -0.05) is 0 Å². The lowest BCUT2D eigenvalue weighted by molar-refractivity contribution is -0.144. The van der Waals surface area contributed by atoms with Gasteiger partial charge < -0.3 is 15.6 Å². The Morgan fingerprint density at radius 3 is 2.58 bits per heavy atom. The standard InChI is InChI=1S/C7H14N2O3/c8-5-6(7(10)11)9-1-3-12-4-2-9/h6H,1-5,8H2,(H,10,11)/t6-/m1/s1. The molecule has 0 aromatic carbocycles. The van der Waals surface area contributed by atoms with Crippen LogP contribution in [0.25, 0.3) is 0 Å². The van der Waals surface area contributed by atoms with E-state index in [1.165, 1.54) is 0 Å². The Bertz CT molecular complexity index is 157. The summed E-state index contributed by atoms with van der Waals surface area (Å²) in [5, 5.41) is 8.76. The van der Waals surface area contributed by atoms with E-state index in [4.69, 9.17) is 15.6 Å². The first-order valence-electron chi connectivity index (χ1n) is 4.00. The molecule has 12 heavy (non-hydrogen) atoms. The Morgan fingerprint density at radius 1 is 1.58 bits per heavy atom. The van der Waals surface area contributed by atoms with Crippen LogP contribution in [0.4, 0.5) is 0 Å². The Kier molecular flexibility index (Phi) is 3.46. The van der Waals surface area contributed by atoms with Crippen LogP contribution < -0.4 is 5.73 Å². The van der Waals surface area contributed by atoms with Gasteiger partial charge >= 0.3 is 5.97 Å². The van der Waals surface area contributed by atoms with Crippen LogP contribution in [0.5, 0.6) is 0 Å². The van der Waals surface area contributed by atoms with E-state index in [2.05, 4.69) is 0 Å². The maximum atomic E-state index is 10.7. The Labute approximate surface area is 71.1 Å². The second-order valence-corrected chi connectivity index (χ2v) is 2.74. The molecular formula is C7H14N2O3. The van der Waals surface area contributed by atoms with Crippen molar-refractivity contribution in [3.8, 4) is 0 Å². The fraction of sp³-hybridized carbons (Fsp3) is 0.857. The first kappa shape index (κ1) is 9.44. The average molecular weight is 174 g/mol. The molecule has 5 heteroatoms. The number of aliphatic carboxylic acids is 1. The van der Waals surface area contributed by atoms with Crippen molar-refractivity contribution in [2.45, 2.75) is 6.04 Å². The van der Waals surface area contributed by atoms with E-state index in [9.17, 15) is 4.79 Å². The Balaban J connectivity index is 2.46. The molecule has 5 nitrogen and oxygen atoms in total. The van der Waals surface area contributed by atoms with Gasteiger partial charge in [0.15, 0.2) is 0 Å². The van der Waals surface area contributed by atoms with E-state index in [0.29, 0.717) is 26.3 Å². The molecule has 3 N–H and O–H groups in total. The van der Waals surface area contributed by atoms with Gasteiger partial charge in [-0.3, -0.25) is 9.69 Å². The van der Waals surface area contributed by atoms with E-state index in [1.54, 1.807) is 0 Å². The van der Waals surface area contributed by atoms with Crippen molar-refractivity contribution in [3.05, 3.63) is 0 Å². The quantitative estimate of drug-likeness (QED) is 0.558. The molecule has 0 bridgehead atoms. The zero-order chi connectivity index (χ0) is 8.97. The van der Waals surface area contributed by atoms with Gasteiger partial charge in [0.2, 0.25) is 0 Å². The summed E-state index contributed by atoms with van der Waals surface area (Å²) in [4.78, 5) is 12.5. The van der Waals surface area contributed by atoms with Gasteiger partial charge in [0.25, 0.3) is 0 Å². The topological polar surface area (TPSA) is 75.8 Å². The monoisotopic (exact) mass is 174 g/mol. The van der Waals surface area contributed by atoms with E-state index in [1.807, 2.05) is 4.90 Å². The van der Waals surface area contributed by atoms with Gasteiger partial charge in [-0.25, -0.2) is 0 Å². The molecular weight excluding hydrogens is 160 g/mol. The predicted molar refractivity (Wildman–Crippen MR) is 42.9 cm³/mol. The molecule has 0 aromatic rings. The summed E-state index contributed by atoms with van der Waals surface area (Å²) in [5.74, 6) is -0.848. The molecule has 0 aliphatic carbocycles. The second-order valence-electron chi connectivity index (χ2n) is 2.74. The number of carbonyl (C=O) groups is 1. The largest absolute Gasteiger partial charge is 0.480 e. The van der Waals surface area contributed by atoms with Gasteiger partial charge in [-0.15, -0.1) is 0 Å². The predicted octanol–water partition coefficient (Wildman–Crippen LogP) is -1.27. The van der Waals surface area contributed by atoms with Crippen molar-refractivity contribution in [3.63, 3.8) is 0 Å². The lowest BCUT2D eigenvalue weighted by Gasteiger charge is -2.30. The lowest BCUT2D eigenvalue weighted by Crippen LogP contribution is -2.50. The van der Waals surface area contributed by atoms with E-state index < -0.39 is 12.0 Å². The normalized spacial score (nSPS) is 22.1. The van der Waals surface area contributed by atoms with Gasteiger partial charge in [-0.05, 0) is 0 Å². The molecule has 0 saturated carbocycles. The van der Waals surface area contributed by atoms with Crippen LogP contribution in [-0.4, -0.2) is 54.9 Å². The summed E-state index contributed by atoms with van der Waals surface area (Å²) in [5.41, 5.74) is 5.34. The van der Waals surface area contributed by atoms with Crippen LogP contribution in [-0.2, 0) is 9.53 Å². The molecule has 0 spiro atoms. The highest BCUT2D eigenvalue weighted by Gasteiger charge is 2.25. The Morgan fingerprint density at radius 2 is 2.17 bits per heavy atom. The van der Waals surface area contributed by atoms with Crippen molar-refractivity contribution in [2.24, 2.45) is 5.73 Å². The third-order valence-corrected chi connectivity index (χ3v) is 1.99. The smallest absolute Gasteiger partial charge is 0.322 e. The minimum absolute atomic E-state index is 0.162. The molecule has 0 radical (unpaired) electrons. The van der Waals surface area contributed by atoms with Crippen molar-refractivity contribution >= 4 is 5.97 Å². The van der Waals surface area contributed by atoms with Gasteiger partial charge in [0.1, 0.15) is 6.04 Å². The number of ether oxygens (including phenoxy) is 1. The van der Waals surface area contributed by atoms with Crippen molar-refractivity contribution in [1.82, 2.24) is 4.90 Å². The SMILES string of the molecule is NC[C@H](C(=O)O)N1CCOCC1. The summed E-state index contributed by atoms with van der Waals surface area (Å²) in [6, 6.07) is -0.547. The fourth-order valence-corrected chi connectivity index (χ4v) is 1.30. The first-order chi connectivity index (χ1) is 5.75. The minimum Gasteiger partial charge on any atom is -0.480 e. The van der Waals surface area contributed by atoms with Crippen LogP contribution in [0.1, 0.15) is 0 Å². The van der Waals surface area contributed by atoms with Gasteiger partial charge in [0.05, 0.1) is 13.2 Å². The van der Waals surface area contributed by atoms with Crippen molar-refractivity contribution in [2.75, 3.05) is 32.8 Å². The van der Waals surface area contributed by atoms with Crippen LogP contribution in [0.15, 0.2) is 0 Å². The van der Waals surface area contributed by atoms with Crippen LogP contribution in [0, 0.1) is 0 Å². The highest BCUT2D eigenvalue weighted by atomic mass is 16.5. The summed E-state index contributed by atoms with van der Waals surface area (Å²) in [7, 11) is 0. The summed E-state index contributed by atoms with van der Waals surface area (Å²) in [6.45, 7) is 2.69. The fourth-order valence-electron chi connectivity index (χ4n) is 1.30. The third kappa shape index (κ3) is 2.17. The molecule has 1 rings (SSSR count). The maximum absolute atomic E-state index is 10.7. The molecule has 1 aliphatic heterocycles. The molecule has 0 unspecified atom stereocenters. The molecule has 1 saturated heterocycles. The summed E-state index contributed by atoms with van der Waals surface area (Å²) < 4.78 is 5.10. The van der Waals surface area contributed by atoms with Crippen LogP contribution in [0.2, 0.25) is 0 Å². The van der Waals surface area contributed by atoms with E-state index in [-0.39, 0.29) is 6.54 Å². The average Bonchev–Trinajstić information content (AvgIpc) is 2.07. The van der Waals surface area contributed by atoms with Crippen LogP contribution >= 0.6 is 0 Å². The molecule has 70 valence electrons. The van der Waals surface area contributed by atoms with Gasteiger partial charge in [0, 0.05) is 19.6 Å². The molecule has 1 heterocycles. The number of hydrogen-bond donors (Lipinski definition) is 2. The Hall–Kier alpha value is -0.650. The highest BCUT2D eigenvalue weighted by Crippen LogP contribution is 2.02. The summed E-state index contributed by atoms with van der Waals surface area (Å²) in [6.07, 6.45) is 0. The highest BCUT2D eigenvalue weighted by molar-refractivity contribution is 5.73. The zero-order valence-electron chi connectivity index (χ0n) is 6.90. The molecule has 0 amide bonds. The van der Waals surface area contributed by atoms with Crippen molar-refractivity contribution in [1.29, 1.82) is 0 Å². The summed E-state index contributed by atoms with van der Waals surface area (Å²) >= 11 is 0. The number of morpholine rings is 1. The number of rotatable bonds is 3. The van der Waals surface area contributed by atoms with Crippen LogP contribution in [0.3, 0.4) is 0 Å². The number of nitrogens with two attached hydrogens (primary N) is 1. The lowest BCUT2D eigenvalue weighted by atomic mass is 10.2. The van der Waals surface area contributed by atoms with Crippen molar-refractivity contribution < 1.29 is 14.6 Å². The second kappa shape index (κ2) is 4.39. The maximum Gasteiger partial charge on any atom is 0.322 e. The number of carboxylic acids is 1. The van der Waals surface area contributed by atoms with E-state index in [0.717, 1.165) is 0 Å². The zero-order valence-corrected chi connectivity index (χ0v) is 6.90. The number of nitrogens with zero attached hydrogens (tertiary/aromatic N) is 1. The van der Waals surface area contributed by atoms with Gasteiger partial charge in [-0.2, -0.15) is 0 Å². The molecule has 1 atom stereocenters. The number of hydrogen-bond acceptors (Lipinski definition) is 4. The minimum atomic E-state index is -0.848. The third-order valence-electron chi connectivity index (χ3n) is 1.99.